The zero-order valence-electron chi connectivity index (χ0n) is 17.8. The standard InChI is InChI=1S/C19H26N4O6S2/c1-5-23(13(2)25)19-21-14(12-30-19)11-29-18(26)16-10-15(31(27,28)22(3)4)6-7-17(16)20-8-9-24/h6-7,10,12,20,24H,5,8-9,11H2,1-4H3. The molecule has 0 spiro atoms. The smallest absolute Gasteiger partial charge is 0.340 e. The van der Waals surface area contributed by atoms with Crippen molar-refractivity contribution in [2.45, 2.75) is 25.3 Å². The van der Waals surface area contributed by atoms with Gasteiger partial charge in [0.05, 0.1) is 22.8 Å². The molecule has 0 aliphatic rings. The van der Waals surface area contributed by atoms with Gasteiger partial charge in [0.2, 0.25) is 15.9 Å². The fourth-order valence-electron chi connectivity index (χ4n) is 2.60. The predicted octanol–water partition coefficient (Wildman–Crippen LogP) is 1.53. The average molecular weight is 471 g/mol. The van der Waals surface area contributed by atoms with E-state index in [1.165, 1.54) is 55.5 Å². The van der Waals surface area contributed by atoms with Crippen molar-refractivity contribution in [1.82, 2.24) is 9.29 Å². The molecule has 0 atom stereocenters. The fourth-order valence-corrected chi connectivity index (χ4v) is 4.45. The normalized spacial score (nSPS) is 11.4. The van der Waals surface area contributed by atoms with Crippen molar-refractivity contribution in [2.75, 3.05) is 44.0 Å². The first kappa shape index (κ1) is 24.7. The third-order valence-corrected chi connectivity index (χ3v) is 6.96. The van der Waals surface area contributed by atoms with Gasteiger partial charge in [-0.25, -0.2) is 22.5 Å². The van der Waals surface area contributed by atoms with E-state index in [2.05, 4.69) is 10.3 Å². The summed E-state index contributed by atoms with van der Waals surface area (Å²) in [6.45, 7) is 3.60. The molecule has 10 nitrogen and oxygen atoms in total. The zero-order valence-corrected chi connectivity index (χ0v) is 19.4. The number of hydrogen-bond acceptors (Lipinski definition) is 9. The number of carbonyl (C=O) groups excluding carboxylic acids is 2. The van der Waals surface area contributed by atoms with Gasteiger partial charge in [0.1, 0.15) is 6.61 Å². The Bertz CT molecular complexity index is 1040. The first-order valence-electron chi connectivity index (χ1n) is 9.42. The Morgan fingerprint density at radius 1 is 1.29 bits per heavy atom. The second-order valence-electron chi connectivity index (χ2n) is 6.61. The van der Waals surface area contributed by atoms with Gasteiger partial charge in [0.25, 0.3) is 0 Å². The Hall–Kier alpha value is -2.54. The minimum atomic E-state index is -3.75. The van der Waals surface area contributed by atoms with Crippen LogP contribution in [0.5, 0.6) is 0 Å². The topological polar surface area (TPSA) is 129 Å². The molecule has 0 saturated heterocycles. The van der Waals surface area contributed by atoms with Crippen molar-refractivity contribution in [3.8, 4) is 0 Å². The number of hydrogen-bond donors (Lipinski definition) is 2. The quantitative estimate of drug-likeness (QED) is 0.500. The van der Waals surface area contributed by atoms with E-state index in [0.717, 1.165) is 4.31 Å². The maximum atomic E-state index is 12.7. The number of nitrogens with one attached hydrogen (secondary N) is 1. The maximum absolute atomic E-state index is 12.7. The molecule has 0 bridgehead atoms. The number of thiazole rings is 1. The van der Waals surface area contributed by atoms with Gasteiger partial charge in [-0.3, -0.25) is 9.69 Å². The molecule has 0 aliphatic heterocycles. The van der Waals surface area contributed by atoms with E-state index < -0.39 is 16.0 Å². The Morgan fingerprint density at radius 3 is 2.58 bits per heavy atom. The second-order valence-corrected chi connectivity index (χ2v) is 9.59. The van der Waals surface area contributed by atoms with Crippen LogP contribution in [0.4, 0.5) is 10.8 Å². The number of nitrogens with zero attached hydrogens (tertiary/aromatic N) is 3. The lowest BCUT2D eigenvalue weighted by atomic mass is 10.2. The minimum absolute atomic E-state index is 0.0192. The number of carbonyl (C=O) groups is 2. The molecule has 1 aromatic heterocycles. The van der Waals surface area contributed by atoms with Crippen LogP contribution in [0, 0.1) is 0 Å². The first-order valence-corrected chi connectivity index (χ1v) is 11.7. The molecular weight excluding hydrogens is 444 g/mol. The molecule has 170 valence electrons. The van der Waals surface area contributed by atoms with Crippen LogP contribution in [-0.4, -0.2) is 68.5 Å². The number of ether oxygens (including phenoxy) is 1. The van der Waals surface area contributed by atoms with Crippen LogP contribution in [0.25, 0.3) is 0 Å². The molecule has 12 heteroatoms. The van der Waals surface area contributed by atoms with Gasteiger partial charge in [-0.2, -0.15) is 0 Å². The van der Waals surface area contributed by atoms with Crippen molar-refractivity contribution >= 4 is 44.1 Å². The number of amides is 1. The Morgan fingerprint density at radius 2 is 2.00 bits per heavy atom. The molecule has 2 N–H and O–H groups in total. The van der Waals surface area contributed by atoms with E-state index in [9.17, 15) is 18.0 Å². The van der Waals surface area contributed by atoms with Crippen LogP contribution >= 0.6 is 11.3 Å². The summed E-state index contributed by atoms with van der Waals surface area (Å²) < 4.78 is 31.3. The largest absolute Gasteiger partial charge is 0.455 e. The molecule has 2 rings (SSSR count). The van der Waals surface area contributed by atoms with Gasteiger partial charge in [0.15, 0.2) is 5.13 Å². The van der Waals surface area contributed by atoms with Crippen LogP contribution in [0.1, 0.15) is 29.9 Å². The van der Waals surface area contributed by atoms with Crippen molar-refractivity contribution in [3.63, 3.8) is 0 Å². The van der Waals surface area contributed by atoms with Crippen LogP contribution in [0.3, 0.4) is 0 Å². The highest BCUT2D eigenvalue weighted by Gasteiger charge is 2.22. The number of aliphatic hydroxyl groups excluding tert-OH is 1. The summed E-state index contributed by atoms with van der Waals surface area (Å²) in [5.41, 5.74) is 0.824. The summed E-state index contributed by atoms with van der Waals surface area (Å²) in [4.78, 5) is 30.1. The van der Waals surface area contributed by atoms with Gasteiger partial charge in [-0.15, -0.1) is 11.3 Å². The van der Waals surface area contributed by atoms with E-state index in [1.807, 2.05) is 6.92 Å². The molecule has 0 aliphatic carbocycles. The Labute approximate surface area is 185 Å². The molecule has 0 saturated carbocycles. The zero-order chi connectivity index (χ0) is 23.2. The summed E-state index contributed by atoms with van der Waals surface area (Å²) in [7, 11) is -0.965. The number of anilines is 2. The van der Waals surface area contributed by atoms with Crippen molar-refractivity contribution < 1.29 is 27.9 Å². The number of esters is 1. The van der Waals surface area contributed by atoms with Gasteiger partial charge in [-0.1, -0.05) is 0 Å². The van der Waals surface area contributed by atoms with Crippen LogP contribution in [0.15, 0.2) is 28.5 Å². The SMILES string of the molecule is CCN(C(C)=O)c1nc(COC(=O)c2cc(S(=O)(=O)N(C)C)ccc2NCCO)cs1. The molecule has 2 aromatic rings. The van der Waals surface area contributed by atoms with E-state index in [4.69, 9.17) is 9.84 Å². The van der Waals surface area contributed by atoms with E-state index in [-0.39, 0.29) is 36.1 Å². The lowest BCUT2D eigenvalue weighted by Gasteiger charge is -2.15. The molecule has 1 aromatic carbocycles. The highest BCUT2D eigenvalue weighted by molar-refractivity contribution is 7.89. The number of benzene rings is 1. The molecule has 1 heterocycles. The van der Waals surface area contributed by atoms with Crippen LogP contribution in [0.2, 0.25) is 0 Å². The Kier molecular flexibility index (Phi) is 8.51. The Balaban J connectivity index is 2.25. The summed E-state index contributed by atoms with van der Waals surface area (Å²) >= 11 is 1.26. The van der Waals surface area contributed by atoms with E-state index in [0.29, 0.717) is 23.1 Å². The van der Waals surface area contributed by atoms with Crippen molar-refractivity contribution in [3.05, 3.63) is 34.8 Å². The molecule has 0 radical (unpaired) electrons. The number of rotatable bonds is 10. The van der Waals surface area contributed by atoms with Crippen LogP contribution < -0.4 is 10.2 Å². The number of aliphatic hydroxyl groups is 1. The molecular formula is C19H26N4O6S2. The van der Waals surface area contributed by atoms with Crippen molar-refractivity contribution in [2.24, 2.45) is 0 Å². The first-order chi connectivity index (χ1) is 14.6. The lowest BCUT2D eigenvalue weighted by Crippen LogP contribution is -2.27. The lowest BCUT2D eigenvalue weighted by molar-refractivity contribution is -0.116. The molecule has 0 fully saturated rings. The number of sulfonamides is 1. The predicted molar refractivity (Wildman–Crippen MR) is 118 cm³/mol. The van der Waals surface area contributed by atoms with Crippen LogP contribution in [-0.2, 0) is 26.2 Å². The van der Waals surface area contributed by atoms with Gasteiger partial charge in [-0.05, 0) is 25.1 Å². The highest BCUT2D eigenvalue weighted by Crippen LogP contribution is 2.25. The fraction of sp³-hybridized carbons (Fsp3) is 0.421. The number of aromatic nitrogens is 1. The summed E-state index contributed by atoms with van der Waals surface area (Å²) in [5.74, 6) is -0.886. The summed E-state index contributed by atoms with van der Waals surface area (Å²) in [6.07, 6.45) is 0. The summed E-state index contributed by atoms with van der Waals surface area (Å²) in [5, 5.41) is 14.1. The van der Waals surface area contributed by atoms with Crippen molar-refractivity contribution in [1.29, 1.82) is 0 Å². The summed E-state index contributed by atoms with van der Waals surface area (Å²) in [6, 6.07) is 4.06. The molecule has 31 heavy (non-hydrogen) atoms. The van der Waals surface area contributed by atoms with E-state index >= 15 is 0 Å². The minimum Gasteiger partial charge on any atom is -0.455 e. The van der Waals surface area contributed by atoms with Gasteiger partial charge < -0.3 is 15.2 Å². The third kappa shape index (κ3) is 6.00. The molecule has 0 unspecified atom stereocenters. The van der Waals surface area contributed by atoms with E-state index in [1.54, 1.807) is 5.38 Å². The third-order valence-electron chi connectivity index (χ3n) is 4.23. The van der Waals surface area contributed by atoms with Gasteiger partial charge in [0, 0.05) is 45.2 Å². The average Bonchev–Trinajstić information content (AvgIpc) is 3.18. The highest BCUT2D eigenvalue weighted by atomic mass is 32.2. The maximum Gasteiger partial charge on any atom is 0.340 e. The monoisotopic (exact) mass is 470 g/mol. The van der Waals surface area contributed by atoms with Gasteiger partial charge >= 0.3 is 5.97 Å². The molecule has 1 amide bonds. The second kappa shape index (κ2) is 10.7.